The fraction of sp³-hybridized carbons (Fsp3) is 0.786. The van der Waals surface area contributed by atoms with Crippen molar-refractivity contribution < 1.29 is 61.2 Å². The number of unbranched alkanes of at least 4 members (excludes halogenated alkanes) is 13. The van der Waals surface area contributed by atoms with Crippen molar-refractivity contribution in [2.45, 2.75) is 155 Å². The van der Waals surface area contributed by atoms with Gasteiger partial charge in [0.25, 0.3) is 0 Å². The number of hydrogen-bond donors (Lipinski definition) is 3. The van der Waals surface area contributed by atoms with Crippen molar-refractivity contribution in [1.29, 1.82) is 0 Å². The summed E-state index contributed by atoms with van der Waals surface area (Å²) < 4.78 is 41.2. The average molecular weight is 860 g/mol. The Morgan fingerprint density at radius 1 is 0.831 bits per heavy atom. The number of methoxy groups -OCH3 is 1. The molecule has 0 aromatic carbocycles. The van der Waals surface area contributed by atoms with E-state index >= 15 is 0 Å². The Balaban J connectivity index is 2.61. The van der Waals surface area contributed by atoms with E-state index in [9.17, 15) is 33.4 Å². The van der Waals surface area contributed by atoms with E-state index in [0.29, 0.717) is 49.7 Å². The number of nitrogens with zero attached hydrogens (tertiary/aromatic N) is 2. The number of rotatable bonds is 36. The number of esters is 3. The fourth-order valence-electron chi connectivity index (χ4n) is 6.15. The summed E-state index contributed by atoms with van der Waals surface area (Å²) in [5.74, 6) is -2.48. The molecule has 0 saturated carbocycles. The Bertz CT molecular complexity index is 1400. The number of phosphoric acid groups is 1. The van der Waals surface area contributed by atoms with Gasteiger partial charge in [-0.15, -0.1) is 0 Å². The highest BCUT2D eigenvalue weighted by atomic mass is 31.2. The molecule has 0 saturated heterocycles. The summed E-state index contributed by atoms with van der Waals surface area (Å²) in [5, 5.41) is 4.98. The number of aromatic nitrogens is 1. The summed E-state index contributed by atoms with van der Waals surface area (Å²) in [7, 11) is 2.50. The Morgan fingerprint density at radius 2 is 1.46 bits per heavy atom. The molecule has 3 unspecified atom stereocenters. The number of phosphoric ester groups is 1. The number of hydrogen-bond acceptors (Lipinski definition) is 11. The number of ether oxygens (including phenoxy) is 3. The molecule has 16 nitrogen and oxygen atoms in total. The second-order valence-corrected chi connectivity index (χ2v) is 17.6. The number of amides is 2. The Morgan fingerprint density at radius 3 is 2.05 bits per heavy atom. The molecular formula is C42H76N4O12P+. The number of carbonyl (C=O) groups is 5. The van der Waals surface area contributed by atoms with Crippen LogP contribution in [0.2, 0.25) is 0 Å². The molecule has 1 aromatic heterocycles. The van der Waals surface area contributed by atoms with E-state index in [-0.39, 0.29) is 38.5 Å². The summed E-state index contributed by atoms with van der Waals surface area (Å²) in [5.41, 5.74) is 0.859. The van der Waals surface area contributed by atoms with Gasteiger partial charge in [0.05, 0.1) is 47.8 Å². The largest absolute Gasteiger partial charge is 0.472 e. The molecule has 1 aromatic rings. The standard InChI is InChI=1S/C42H75N4O12P/c1-7-8-9-10-11-12-13-14-15-16-17-18-19-25-40(49)55-33-37(34-57-59(52,53)56-31-30-46(3,4)5)58-41(50)27-26-36-23-22-29-45(36)28-21-20-24-38(42(51)54-6)44-39(48)32-43-35(2)47/h22-23,29,37-38H,7-21,24-28,30-34H2,1-6H3,(H2-,43,44,47,48,52,53)/p+1. The van der Waals surface area contributed by atoms with Gasteiger partial charge < -0.3 is 38.8 Å². The molecule has 0 aliphatic rings. The lowest BCUT2D eigenvalue weighted by molar-refractivity contribution is -0.870. The summed E-state index contributed by atoms with van der Waals surface area (Å²) >= 11 is 0. The van der Waals surface area contributed by atoms with E-state index < -0.39 is 50.4 Å². The zero-order chi connectivity index (χ0) is 43.9. The lowest BCUT2D eigenvalue weighted by atomic mass is 10.0. The Hall–Kier alpha value is -3.30. The van der Waals surface area contributed by atoms with Crippen molar-refractivity contribution in [3.8, 4) is 0 Å². The first-order valence-electron chi connectivity index (χ1n) is 21.6. The molecule has 0 aliphatic carbocycles. The monoisotopic (exact) mass is 860 g/mol. The third-order valence-electron chi connectivity index (χ3n) is 9.62. The van der Waals surface area contributed by atoms with Crippen molar-refractivity contribution in [1.82, 2.24) is 15.2 Å². The van der Waals surface area contributed by atoms with Crippen LogP contribution in [-0.2, 0) is 64.8 Å². The quantitative estimate of drug-likeness (QED) is 0.0229. The lowest BCUT2D eigenvalue weighted by Crippen LogP contribution is -2.45. The highest BCUT2D eigenvalue weighted by Crippen LogP contribution is 2.43. The van der Waals surface area contributed by atoms with Crippen LogP contribution in [0.25, 0.3) is 0 Å². The van der Waals surface area contributed by atoms with Gasteiger partial charge in [-0.2, -0.15) is 0 Å². The zero-order valence-electron chi connectivity index (χ0n) is 36.8. The van der Waals surface area contributed by atoms with Gasteiger partial charge in [-0.25, -0.2) is 9.36 Å². The summed E-state index contributed by atoms with van der Waals surface area (Å²) in [6.45, 7) is 3.44. The van der Waals surface area contributed by atoms with Crippen LogP contribution >= 0.6 is 7.82 Å². The lowest BCUT2D eigenvalue weighted by Gasteiger charge is -2.24. The van der Waals surface area contributed by atoms with Crippen LogP contribution in [0, 0.1) is 0 Å². The van der Waals surface area contributed by atoms with E-state index in [2.05, 4.69) is 17.6 Å². The van der Waals surface area contributed by atoms with Crippen molar-refractivity contribution in [3.63, 3.8) is 0 Å². The van der Waals surface area contributed by atoms with Gasteiger partial charge in [-0.1, -0.05) is 84.0 Å². The van der Waals surface area contributed by atoms with Crippen LogP contribution in [0.3, 0.4) is 0 Å². The predicted molar refractivity (Wildman–Crippen MR) is 225 cm³/mol. The maximum atomic E-state index is 13.0. The van der Waals surface area contributed by atoms with Crippen molar-refractivity contribution in [3.05, 3.63) is 24.0 Å². The molecule has 0 radical (unpaired) electrons. The minimum absolute atomic E-state index is 0.0189. The molecule has 1 heterocycles. The molecule has 3 atom stereocenters. The summed E-state index contributed by atoms with van der Waals surface area (Å²) in [6.07, 6.45) is 18.3. The first-order valence-corrected chi connectivity index (χ1v) is 23.1. The maximum Gasteiger partial charge on any atom is 0.472 e. The molecule has 17 heteroatoms. The second kappa shape index (κ2) is 31.6. The van der Waals surface area contributed by atoms with Crippen molar-refractivity contribution in [2.24, 2.45) is 0 Å². The molecule has 340 valence electrons. The van der Waals surface area contributed by atoms with Gasteiger partial charge in [0.15, 0.2) is 6.10 Å². The molecular weight excluding hydrogens is 783 g/mol. The molecule has 3 N–H and O–H groups in total. The van der Waals surface area contributed by atoms with Gasteiger partial charge in [0, 0.05) is 31.8 Å². The van der Waals surface area contributed by atoms with Gasteiger partial charge in [-0.3, -0.25) is 28.2 Å². The van der Waals surface area contributed by atoms with Crippen LogP contribution in [0.5, 0.6) is 0 Å². The normalized spacial score (nSPS) is 13.5. The number of carbonyl (C=O) groups excluding carboxylic acids is 5. The van der Waals surface area contributed by atoms with Gasteiger partial charge >= 0.3 is 25.7 Å². The van der Waals surface area contributed by atoms with E-state index in [0.717, 1.165) is 25.0 Å². The topological polar surface area (TPSA) is 198 Å². The van der Waals surface area contributed by atoms with E-state index in [4.69, 9.17) is 23.3 Å². The van der Waals surface area contributed by atoms with E-state index in [1.165, 1.54) is 71.8 Å². The highest BCUT2D eigenvalue weighted by Gasteiger charge is 2.27. The Labute approximate surface area is 353 Å². The fourth-order valence-corrected chi connectivity index (χ4v) is 6.89. The zero-order valence-corrected chi connectivity index (χ0v) is 37.7. The number of likely N-dealkylation sites (N-methyl/N-ethyl adjacent to an activating group) is 1. The third kappa shape index (κ3) is 29.6. The Kier molecular flexibility index (Phi) is 28.7. The SMILES string of the molecule is CCCCCCCCCCCCCCCC(=O)OCC(COP(=O)(O)OCC[N+](C)(C)C)OC(=O)CCc1cccn1CCCCC(NC(=O)CNC(C)=O)C(=O)OC. The van der Waals surface area contributed by atoms with Gasteiger partial charge in [0.1, 0.15) is 25.8 Å². The van der Waals surface area contributed by atoms with E-state index in [1.807, 2.05) is 44.0 Å². The minimum atomic E-state index is -4.48. The second-order valence-electron chi connectivity index (χ2n) is 16.1. The summed E-state index contributed by atoms with van der Waals surface area (Å²) in [4.78, 5) is 71.3. The minimum Gasteiger partial charge on any atom is -0.467 e. The molecule has 59 heavy (non-hydrogen) atoms. The maximum absolute atomic E-state index is 13.0. The van der Waals surface area contributed by atoms with Crippen LogP contribution in [0.15, 0.2) is 18.3 Å². The molecule has 1 rings (SSSR count). The van der Waals surface area contributed by atoms with E-state index in [1.54, 1.807) is 0 Å². The molecule has 0 aliphatic heterocycles. The summed E-state index contributed by atoms with van der Waals surface area (Å²) in [6, 6.07) is 2.87. The molecule has 0 bridgehead atoms. The molecule has 2 amide bonds. The average Bonchev–Trinajstić information content (AvgIpc) is 3.63. The molecule has 0 fully saturated rings. The number of quaternary nitrogens is 1. The van der Waals surface area contributed by atoms with Crippen molar-refractivity contribution in [2.75, 3.05) is 61.2 Å². The van der Waals surface area contributed by atoms with Crippen LogP contribution in [-0.4, -0.2) is 117 Å². The van der Waals surface area contributed by atoms with Crippen LogP contribution in [0.4, 0.5) is 0 Å². The first kappa shape index (κ1) is 53.7. The first-order chi connectivity index (χ1) is 28.0. The van der Waals surface area contributed by atoms with Crippen LogP contribution < -0.4 is 10.6 Å². The van der Waals surface area contributed by atoms with Crippen molar-refractivity contribution >= 4 is 37.5 Å². The smallest absolute Gasteiger partial charge is 0.467 e. The number of aryl methyl sites for hydroxylation is 2. The third-order valence-corrected chi connectivity index (χ3v) is 10.6. The van der Waals surface area contributed by atoms with Gasteiger partial charge in [-0.05, 0) is 44.2 Å². The molecule has 0 spiro atoms. The van der Waals surface area contributed by atoms with Gasteiger partial charge in [0.2, 0.25) is 11.8 Å². The number of nitrogens with one attached hydrogen (secondary N) is 2. The predicted octanol–water partition coefficient (Wildman–Crippen LogP) is 6.16. The highest BCUT2D eigenvalue weighted by molar-refractivity contribution is 7.47. The van der Waals surface area contributed by atoms with Crippen LogP contribution in [0.1, 0.15) is 135 Å².